The van der Waals surface area contributed by atoms with Crippen molar-refractivity contribution in [3.05, 3.63) is 64.7 Å². The van der Waals surface area contributed by atoms with Crippen LogP contribution in [0, 0.1) is 13.8 Å². The lowest BCUT2D eigenvalue weighted by molar-refractivity contribution is -0.124. The van der Waals surface area contributed by atoms with E-state index in [4.69, 9.17) is 0 Å². The molecule has 2 rings (SSSR count). The Morgan fingerprint density at radius 1 is 0.889 bits per heavy atom. The molecule has 2 N–H and O–H groups in total. The van der Waals surface area contributed by atoms with Crippen molar-refractivity contribution in [3.8, 4) is 0 Å². The fraction of sp³-hybridized carbons (Fsp3) is 0.318. The van der Waals surface area contributed by atoms with Gasteiger partial charge in [-0.05, 0) is 49.1 Å². The minimum Gasteiger partial charge on any atom is -0.347 e. The van der Waals surface area contributed by atoms with Gasteiger partial charge < -0.3 is 10.6 Å². The maximum atomic E-state index is 12.2. The van der Waals surface area contributed by atoms with E-state index < -0.39 is 0 Å². The van der Waals surface area contributed by atoms with Crippen molar-refractivity contribution < 1.29 is 14.4 Å². The predicted octanol–water partition coefficient (Wildman–Crippen LogP) is 3.58. The van der Waals surface area contributed by atoms with Crippen molar-refractivity contribution in [3.63, 3.8) is 0 Å². The molecule has 5 nitrogen and oxygen atoms in total. The normalized spacial score (nSPS) is 10.3. The number of carbonyl (C=O) groups is 3. The van der Waals surface area contributed by atoms with Crippen molar-refractivity contribution >= 4 is 23.3 Å². The van der Waals surface area contributed by atoms with Crippen LogP contribution < -0.4 is 10.6 Å². The summed E-state index contributed by atoms with van der Waals surface area (Å²) in [6, 6.07) is 13.1. The molecular formula is C22H26N2O3. The summed E-state index contributed by atoms with van der Waals surface area (Å²) in [7, 11) is 0. The Morgan fingerprint density at radius 2 is 1.63 bits per heavy atom. The largest absolute Gasteiger partial charge is 0.347 e. The lowest BCUT2D eigenvalue weighted by Gasteiger charge is -2.10. The molecule has 2 aromatic carbocycles. The molecule has 0 aliphatic heterocycles. The number of ketones is 1. The Labute approximate surface area is 160 Å². The second kappa shape index (κ2) is 9.67. The number of hydrogen-bond donors (Lipinski definition) is 2. The standard InChI is InChI=1S/C22H26N2O3/c1-4-17-7-5-6-8-19(17)24-22(27)14-23-21(26)12-11-20(25)18-10-9-15(2)16(3)13-18/h5-10,13H,4,11-12,14H2,1-3H3,(H,23,26)(H,24,27). The lowest BCUT2D eigenvalue weighted by atomic mass is 10.0. The van der Waals surface area contributed by atoms with Crippen molar-refractivity contribution in [1.82, 2.24) is 5.32 Å². The first-order valence-corrected chi connectivity index (χ1v) is 9.15. The number of para-hydroxylation sites is 1. The highest BCUT2D eigenvalue weighted by Crippen LogP contribution is 2.15. The molecule has 0 spiro atoms. The number of rotatable bonds is 8. The molecule has 0 bridgehead atoms. The summed E-state index contributed by atoms with van der Waals surface area (Å²) in [6.45, 7) is 5.84. The SMILES string of the molecule is CCc1ccccc1NC(=O)CNC(=O)CCC(=O)c1ccc(C)c(C)c1. The number of benzene rings is 2. The van der Waals surface area contributed by atoms with E-state index in [2.05, 4.69) is 10.6 Å². The van der Waals surface area contributed by atoms with Gasteiger partial charge in [0.2, 0.25) is 11.8 Å². The van der Waals surface area contributed by atoms with Crippen LogP contribution >= 0.6 is 0 Å². The molecule has 0 atom stereocenters. The molecule has 27 heavy (non-hydrogen) atoms. The number of carbonyl (C=O) groups excluding carboxylic acids is 3. The highest BCUT2D eigenvalue weighted by Gasteiger charge is 2.12. The van der Waals surface area contributed by atoms with E-state index in [1.54, 1.807) is 6.07 Å². The van der Waals surface area contributed by atoms with Crippen LogP contribution in [0.25, 0.3) is 0 Å². The molecule has 0 saturated heterocycles. The second-order valence-electron chi connectivity index (χ2n) is 6.56. The van der Waals surface area contributed by atoms with Crippen LogP contribution in [-0.4, -0.2) is 24.1 Å². The van der Waals surface area contributed by atoms with Crippen LogP contribution in [0.3, 0.4) is 0 Å². The number of nitrogens with one attached hydrogen (secondary N) is 2. The van der Waals surface area contributed by atoms with Crippen molar-refractivity contribution in [2.45, 2.75) is 40.0 Å². The average molecular weight is 366 g/mol. The van der Waals surface area contributed by atoms with E-state index in [1.165, 1.54) is 0 Å². The predicted molar refractivity (Wildman–Crippen MR) is 107 cm³/mol. The van der Waals surface area contributed by atoms with E-state index in [9.17, 15) is 14.4 Å². The van der Waals surface area contributed by atoms with Crippen molar-refractivity contribution in [1.29, 1.82) is 0 Å². The topological polar surface area (TPSA) is 75.3 Å². The third-order valence-electron chi connectivity index (χ3n) is 4.53. The van der Waals surface area contributed by atoms with Crippen LogP contribution in [0.1, 0.15) is 46.8 Å². The molecule has 0 fully saturated rings. The molecule has 142 valence electrons. The highest BCUT2D eigenvalue weighted by molar-refractivity contribution is 5.99. The first kappa shape index (κ1) is 20.4. The van der Waals surface area contributed by atoms with Crippen LogP contribution in [0.15, 0.2) is 42.5 Å². The van der Waals surface area contributed by atoms with Gasteiger partial charge in [-0.3, -0.25) is 14.4 Å². The summed E-state index contributed by atoms with van der Waals surface area (Å²) in [5, 5.41) is 5.36. The van der Waals surface area contributed by atoms with E-state index in [0.29, 0.717) is 5.56 Å². The zero-order valence-corrected chi connectivity index (χ0v) is 16.1. The molecule has 0 aromatic heterocycles. The van der Waals surface area contributed by atoms with Gasteiger partial charge in [-0.2, -0.15) is 0 Å². The fourth-order valence-electron chi connectivity index (χ4n) is 2.70. The van der Waals surface area contributed by atoms with Gasteiger partial charge in [0.05, 0.1) is 6.54 Å². The quantitative estimate of drug-likeness (QED) is 0.701. The zero-order chi connectivity index (χ0) is 19.8. The molecule has 2 aromatic rings. The number of Topliss-reactive ketones (excluding diaryl/α,β-unsaturated/α-hetero) is 1. The molecule has 0 radical (unpaired) electrons. The van der Waals surface area contributed by atoms with E-state index in [1.807, 2.05) is 57.2 Å². The summed E-state index contributed by atoms with van der Waals surface area (Å²) >= 11 is 0. The minimum absolute atomic E-state index is 0.0601. The number of anilines is 1. The van der Waals surface area contributed by atoms with Crippen LogP contribution in [0.4, 0.5) is 5.69 Å². The van der Waals surface area contributed by atoms with Gasteiger partial charge in [0.15, 0.2) is 5.78 Å². The van der Waals surface area contributed by atoms with Crippen LogP contribution in [0.2, 0.25) is 0 Å². The van der Waals surface area contributed by atoms with E-state index >= 15 is 0 Å². The Balaban J connectivity index is 1.77. The zero-order valence-electron chi connectivity index (χ0n) is 16.1. The lowest BCUT2D eigenvalue weighted by Crippen LogP contribution is -2.33. The Morgan fingerprint density at radius 3 is 2.33 bits per heavy atom. The smallest absolute Gasteiger partial charge is 0.243 e. The monoisotopic (exact) mass is 366 g/mol. The summed E-state index contributed by atoms with van der Waals surface area (Å²) < 4.78 is 0. The molecule has 2 amide bonds. The highest BCUT2D eigenvalue weighted by atomic mass is 16.2. The summed E-state index contributed by atoms with van der Waals surface area (Å²) in [6.07, 6.45) is 0.989. The van der Waals surface area contributed by atoms with Crippen molar-refractivity contribution in [2.75, 3.05) is 11.9 Å². The molecule has 0 saturated carbocycles. The van der Waals surface area contributed by atoms with Gasteiger partial charge in [-0.25, -0.2) is 0 Å². The maximum Gasteiger partial charge on any atom is 0.243 e. The molecule has 0 heterocycles. The van der Waals surface area contributed by atoms with Gasteiger partial charge in [0.1, 0.15) is 0 Å². The number of hydrogen-bond acceptors (Lipinski definition) is 3. The fourth-order valence-corrected chi connectivity index (χ4v) is 2.70. The molecule has 0 aliphatic rings. The van der Waals surface area contributed by atoms with Gasteiger partial charge in [0, 0.05) is 24.1 Å². The van der Waals surface area contributed by atoms with Crippen LogP contribution in [0.5, 0.6) is 0 Å². The first-order chi connectivity index (χ1) is 12.9. The Bertz CT molecular complexity index is 843. The first-order valence-electron chi connectivity index (χ1n) is 9.15. The molecule has 0 unspecified atom stereocenters. The number of aryl methyl sites for hydroxylation is 3. The van der Waals surface area contributed by atoms with Gasteiger partial charge in [0.25, 0.3) is 0 Å². The molecule has 0 aliphatic carbocycles. The molecule has 5 heteroatoms. The average Bonchev–Trinajstić information content (AvgIpc) is 2.67. The Hall–Kier alpha value is -2.95. The third kappa shape index (κ3) is 6.06. The summed E-state index contributed by atoms with van der Waals surface area (Å²) in [5.41, 5.74) is 4.58. The summed E-state index contributed by atoms with van der Waals surface area (Å²) in [5.74, 6) is -0.676. The van der Waals surface area contributed by atoms with E-state index in [0.717, 1.165) is 28.8 Å². The maximum absolute atomic E-state index is 12.2. The van der Waals surface area contributed by atoms with Gasteiger partial charge in [-0.1, -0.05) is 37.3 Å². The van der Waals surface area contributed by atoms with Crippen LogP contribution in [-0.2, 0) is 16.0 Å². The van der Waals surface area contributed by atoms with E-state index in [-0.39, 0.29) is 37.0 Å². The van der Waals surface area contributed by atoms with Crippen molar-refractivity contribution in [2.24, 2.45) is 0 Å². The summed E-state index contributed by atoms with van der Waals surface area (Å²) in [4.78, 5) is 36.2. The number of amides is 2. The Kier molecular flexibility index (Phi) is 7.29. The second-order valence-corrected chi connectivity index (χ2v) is 6.56. The van der Waals surface area contributed by atoms with Gasteiger partial charge in [-0.15, -0.1) is 0 Å². The molecular weight excluding hydrogens is 340 g/mol. The van der Waals surface area contributed by atoms with Gasteiger partial charge >= 0.3 is 0 Å². The third-order valence-corrected chi connectivity index (χ3v) is 4.53. The minimum atomic E-state index is -0.314.